The Hall–Kier alpha value is -2.79. The molecule has 1 aromatic rings. The maximum absolute atomic E-state index is 12.3. The van der Waals surface area contributed by atoms with Crippen LogP contribution in [-0.2, 0) is 16.1 Å². The number of rotatable bonds is 3. The largest absolute Gasteiger partial charge is 0.527 e. The minimum Gasteiger partial charge on any atom is -0.448 e. The highest BCUT2D eigenvalue weighted by molar-refractivity contribution is 5.70. The van der Waals surface area contributed by atoms with E-state index in [-0.39, 0.29) is 6.54 Å². The van der Waals surface area contributed by atoms with E-state index in [0.717, 1.165) is 29.4 Å². The molecule has 1 amide bonds. The Kier molecular flexibility index (Phi) is 4.27. The van der Waals surface area contributed by atoms with E-state index >= 15 is 0 Å². The van der Waals surface area contributed by atoms with Gasteiger partial charge in [0.2, 0.25) is 5.72 Å². The van der Waals surface area contributed by atoms with Gasteiger partial charge in [-0.2, -0.15) is 10.3 Å². The third kappa shape index (κ3) is 2.86. The van der Waals surface area contributed by atoms with Crippen LogP contribution in [0.5, 0.6) is 0 Å². The predicted octanol–water partition coefficient (Wildman–Crippen LogP) is 3.00. The van der Waals surface area contributed by atoms with E-state index in [9.17, 15) is 14.9 Å². The number of benzene rings is 1. The zero-order valence-corrected chi connectivity index (χ0v) is 13.0. The molecule has 1 spiro atoms. The molecule has 126 valence electrons. The molecule has 1 aliphatic heterocycles. The Morgan fingerprint density at radius 3 is 2.71 bits per heavy atom. The van der Waals surface area contributed by atoms with Crippen LogP contribution in [0.1, 0.15) is 43.2 Å². The first-order valence-corrected chi connectivity index (χ1v) is 7.75. The molecule has 0 aromatic heterocycles. The Labute approximate surface area is 138 Å². The van der Waals surface area contributed by atoms with E-state index in [0.29, 0.717) is 24.0 Å². The maximum atomic E-state index is 12.3. The van der Waals surface area contributed by atoms with Gasteiger partial charge in [-0.05, 0) is 24.5 Å². The lowest BCUT2D eigenvalue weighted by Gasteiger charge is -2.37. The van der Waals surface area contributed by atoms with Crippen molar-refractivity contribution in [2.24, 2.45) is 0 Å². The molecule has 0 unspecified atom stereocenters. The summed E-state index contributed by atoms with van der Waals surface area (Å²) in [4.78, 5) is 28.3. The summed E-state index contributed by atoms with van der Waals surface area (Å²) in [5.74, 6) is 0. The zero-order chi connectivity index (χ0) is 17.2. The normalized spacial score (nSPS) is 19.8. The molecule has 2 fully saturated rings. The Balaban J connectivity index is 1.91. The lowest BCUT2D eigenvalue weighted by atomic mass is 9.92. The summed E-state index contributed by atoms with van der Waals surface area (Å²) in [6, 6.07) is 8.86. The van der Waals surface area contributed by atoms with Crippen LogP contribution in [0.25, 0.3) is 0 Å². The van der Waals surface area contributed by atoms with Crippen molar-refractivity contribution in [2.75, 3.05) is 0 Å². The van der Waals surface area contributed by atoms with Crippen LogP contribution < -0.4 is 0 Å². The molecule has 0 bridgehead atoms. The topological polar surface area (TPSA) is 103 Å². The third-order valence-electron chi connectivity index (χ3n) is 4.31. The summed E-state index contributed by atoms with van der Waals surface area (Å²) >= 11 is 0. The minimum atomic E-state index is -1.52. The van der Waals surface area contributed by atoms with Crippen molar-refractivity contribution >= 4 is 12.2 Å². The van der Waals surface area contributed by atoms with Gasteiger partial charge < -0.3 is 14.7 Å². The number of hydrogen-bond acceptors (Lipinski definition) is 6. The first-order chi connectivity index (χ1) is 11.6. The number of amides is 1. The number of hydrogen-bond donors (Lipinski definition) is 1. The molecule has 1 N–H and O–H groups in total. The molecule has 0 atom stereocenters. The summed E-state index contributed by atoms with van der Waals surface area (Å²) in [5.41, 5.74) is -0.0936. The van der Waals surface area contributed by atoms with Gasteiger partial charge in [0.25, 0.3) is 0 Å². The van der Waals surface area contributed by atoms with Crippen LogP contribution >= 0.6 is 0 Å². The highest BCUT2D eigenvalue weighted by Gasteiger charge is 2.55. The summed E-state index contributed by atoms with van der Waals surface area (Å²) < 4.78 is 5.50. The van der Waals surface area contributed by atoms with Gasteiger partial charge in [-0.15, -0.1) is 0 Å². The number of ether oxygens (including phenoxy) is 1. The Bertz CT molecular complexity index is 693. The van der Waals surface area contributed by atoms with Crippen molar-refractivity contribution in [3.05, 3.63) is 35.4 Å². The third-order valence-corrected chi connectivity index (χ3v) is 4.31. The Morgan fingerprint density at radius 2 is 2.04 bits per heavy atom. The summed E-state index contributed by atoms with van der Waals surface area (Å²) in [5, 5.41) is 20.4. The summed E-state index contributed by atoms with van der Waals surface area (Å²) in [6.07, 6.45) is 1.44. The van der Waals surface area contributed by atoms with Gasteiger partial charge in [0.05, 0.1) is 18.2 Å². The number of carbonyl (C=O) groups is 2. The van der Waals surface area contributed by atoms with Gasteiger partial charge in [0, 0.05) is 18.0 Å². The molecule has 3 rings (SSSR count). The number of hydroxylamine groups is 1. The second-order valence-electron chi connectivity index (χ2n) is 5.83. The number of nitrogens with zero attached hydrogens (tertiary/aromatic N) is 3. The standard InChI is InChI=1S/C16H17N3O5/c17-10-12-6-2-3-7-13(12)11-18-14(20)23-16(8-4-1-5-9-16)19(18)24-15(21)22/h2-3,6-7H,1,4-5,8-9,11H2,(H,21,22). The maximum Gasteiger partial charge on any atom is 0.527 e. The SMILES string of the molecule is N#Cc1ccccc1CN1C(=O)OC2(CCCCC2)N1OC(=O)O. The van der Waals surface area contributed by atoms with Gasteiger partial charge in [0.1, 0.15) is 0 Å². The quantitative estimate of drug-likeness (QED) is 0.908. The molecule has 1 aliphatic carbocycles. The highest BCUT2D eigenvalue weighted by Crippen LogP contribution is 2.41. The number of carboxylic acid groups (broad SMARTS) is 1. The highest BCUT2D eigenvalue weighted by atomic mass is 16.9. The summed E-state index contributed by atoms with van der Waals surface area (Å²) in [7, 11) is 0. The Morgan fingerprint density at radius 1 is 1.33 bits per heavy atom. The molecular weight excluding hydrogens is 314 g/mol. The molecule has 1 heterocycles. The van der Waals surface area contributed by atoms with Gasteiger partial charge in [-0.1, -0.05) is 24.6 Å². The fourth-order valence-electron chi connectivity index (χ4n) is 3.21. The van der Waals surface area contributed by atoms with Crippen molar-refractivity contribution < 1.29 is 24.3 Å². The van der Waals surface area contributed by atoms with Gasteiger partial charge in [-0.25, -0.2) is 9.59 Å². The number of carbonyl (C=O) groups excluding carboxylic acids is 1. The molecule has 8 heteroatoms. The summed E-state index contributed by atoms with van der Waals surface area (Å²) in [6.45, 7) is -0.00238. The van der Waals surface area contributed by atoms with E-state index in [1.807, 2.05) is 0 Å². The molecule has 1 saturated heterocycles. The van der Waals surface area contributed by atoms with E-state index < -0.39 is 18.0 Å². The average Bonchev–Trinajstić information content (AvgIpc) is 2.80. The monoisotopic (exact) mass is 331 g/mol. The second kappa shape index (κ2) is 6.37. The smallest absolute Gasteiger partial charge is 0.448 e. The van der Waals surface area contributed by atoms with Crippen molar-refractivity contribution in [1.29, 1.82) is 5.26 Å². The van der Waals surface area contributed by atoms with Crippen molar-refractivity contribution in [1.82, 2.24) is 10.2 Å². The van der Waals surface area contributed by atoms with E-state index in [2.05, 4.69) is 6.07 Å². The van der Waals surface area contributed by atoms with Crippen molar-refractivity contribution in [3.63, 3.8) is 0 Å². The van der Waals surface area contributed by atoms with Crippen LogP contribution in [0, 0.1) is 11.3 Å². The average molecular weight is 331 g/mol. The van der Waals surface area contributed by atoms with Crippen LogP contribution in [-0.4, -0.2) is 33.3 Å². The van der Waals surface area contributed by atoms with Gasteiger partial charge in [-0.3, -0.25) is 0 Å². The molecule has 1 aromatic carbocycles. The van der Waals surface area contributed by atoms with Crippen LogP contribution in [0.4, 0.5) is 9.59 Å². The van der Waals surface area contributed by atoms with Crippen LogP contribution in [0.3, 0.4) is 0 Å². The van der Waals surface area contributed by atoms with Gasteiger partial charge >= 0.3 is 12.2 Å². The second-order valence-corrected chi connectivity index (χ2v) is 5.83. The van der Waals surface area contributed by atoms with Gasteiger partial charge in [0.15, 0.2) is 0 Å². The van der Waals surface area contributed by atoms with E-state index in [1.54, 1.807) is 24.3 Å². The van der Waals surface area contributed by atoms with Crippen molar-refractivity contribution in [2.45, 2.75) is 44.4 Å². The van der Waals surface area contributed by atoms with E-state index in [4.69, 9.17) is 14.7 Å². The predicted molar refractivity (Wildman–Crippen MR) is 79.9 cm³/mol. The fourth-order valence-corrected chi connectivity index (χ4v) is 3.21. The molecule has 8 nitrogen and oxygen atoms in total. The fraction of sp³-hybridized carbons (Fsp3) is 0.438. The zero-order valence-electron chi connectivity index (χ0n) is 13.0. The minimum absolute atomic E-state index is 0.00238. The molecule has 0 radical (unpaired) electrons. The molecular formula is C16H17N3O5. The van der Waals surface area contributed by atoms with Crippen LogP contribution in [0.2, 0.25) is 0 Å². The lowest BCUT2D eigenvalue weighted by molar-refractivity contribution is -0.307. The first-order valence-electron chi connectivity index (χ1n) is 7.75. The first kappa shape index (κ1) is 16.1. The van der Waals surface area contributed by atoms with Crippen molar-refractivity contribution in [3.8, 4) is 6.07 Å². The van der Waals surface area contributed by atoms with Crippen LogP contribution in [0.15, 0.2) is 24.3 Å². The lowest BCUT2D eigenvalue weighted by Crippen LogP contribution is -2.52. The molecule has 1 saturated carbocycles. The number of hydrazine groups is 1. The molecule has 24 heavy (non-hydrogen) atoms. The van der Waals surface area contributed by atoms with E-state index in [1.165, 1.54) is 0 Å². The number of nitriles is 1. The molecule has 2 aliphatic rings.